The fourth-order valence-electron chi connectivity index (χ4n) is 3.35. The fourth-order valence-corrected chi connectivity index (χ4v) is 3.35. The molecule has 0 fully saturated rings. The molecule has 0 radical (unpaired) electrons. The summed E-state index contributed by atoms with van der Waals surface area (Å²) >= 11 is 0. The van der Waals surface area contributed by atoms with Gasteiger partial charge in [-0.3, -0.25) is 24.2 Å². The van der Waals surface area contributed by atoms with E-state index in [1.807, 2.05) is 0 Å². The number of nitrogens with zero attached hydrogens (tertiary/aromatic N) is 2. The lowest BCUT2D eigenvalue weighted by molar-refractivity contribution is -0.142. The van der Waals surface area contributed by atoms with E-state index >= 15 is 0 Å². The van der Waals surface area contributed by atoms with Gasteiger partial charge in [0.2, 0.25) is 23.6 Å². The maximum absolute atomic E-state index is 13.1. The van der Waals surface area contributed by atoms with Gasteiger partial charge in [0.25, 0.3) is 0 Å². The minimum Gasteiger partial charge on any atom is -0.480 e. The molecule has 212 valence electrons. The minimum absolute atomic E-state index is 0.00364. The summed E-state index contributed by atoms with van der Waals surface area (Å²) in [4.78, 5) is 71.8. The number of nitrogens with two attached hydrogens (primary N) is 4. The van der Waals surface area contributed by atoms with Gasteiger partial charge in [-0.05, 0) is 25.2 Å². The number of aliphatic imine (C=N–C) groups is 1. The molecule has 16 heteroatoms. The summed E-state index contributed by atoms with van der Waals surface area (Å²) in [6.07, 6.45) is 2.99. The van der Waals surface area contributed by atoms with Crippen molar-refractivity contribution < 1.29 is 29.1 Å². The number of carboxylic acid groups (broad SMARTS) is 1. The second-order valence-electron chi connectivity index (χ2n) is 9.03. The van der Waals surface area contributed by atoms with Gasteiger partial charge in [0, 0.05) is 31.3 Å². The van der Waals surface area contributed by atoms with Crippen LogP contribution in [0.4, 0.5) is 0 Å². The molecule has 0 saturated heterocycles. The van der Waals surface area contributed by atoms with Gasteiger partial charge in [0.15, 0.2) is 5.96 Å². The lowest BCUT2D eigenvalue weighted by atomic mass is 10.0. The summed E-state index contributed by atoms with van der Waals surface area (Å²) < 4.78 is 0. The normalized spacial score (nSPS) is 14.0. The van der Waals surface area contributed by atoms with Crippen molar-refractivity contribution in [2.45, 2.75) is 70.1 Å². The Morgan fingerprint density at radius 3 is 2.18 bits per heavy atom. The molecule has 0 aromatic carbocycles. The third-order valence-electron chi connectivity index (χ3n) is 5.46. The number of aromatic amines is 1. The van der Waals surface area contributed by atoms with Crippen LogP contribution < -0.4 is 38.9 Å². The highest BCUT2D eigenvalue weighted by Gasteiger charge is 2.31. The van der Waals surface area contributed by atoms with E-state index in [0.717, 1.165) is 0 Å². The first kappa shape index (κ1) is 31.8. The average molecular weight is 539 g/mol. The van der Waals surface area contributed by atoms with Crippen molar-refractivity contribution in [1.82, 2.24) is 25.9 Å². The maximum atomic E-state index is 13.1. The fraction of sp³-hybridized carbons (Fsp3) is 0.591. The van der Waals surface area contributed by atoms with Crippen LogP contribution in [-0.2, 0) is 30.4 Å². The van der Waals surface area contributed by atoms with Gasteiger partial charge in [0.05, 0.1) is 12.4 Å². The number of rotatable bonds is 17. The third kappa shape index (κ3) is 11.7. The molecule has 1 aromatic rings. The quantitative estimate of drug-likeness (QED) is 0.0543. The first-order chi connectivity index (χ1) is 17.8. The predicted molar refractivity (Wildman–Crippen MR) is 137 cm³/mol. The average Bonchev–Trinajstić information content (AvgIpc) is 3.34. The maximum Gasteiger partial charge on any atom is 0.326 e. The number of imidazole rings is 1. The summed E-state index contributed by atoms with van der Waals surface area (Å²) in [5.74, 6) is -4.54. The van der Waals surface area contributed by atoms with Gasteiger partial charge in [-0.25, -0.2) is 9.78 Å². The number of amides is 4. The van der Waals surface area contributed by atoms with E-state index in [4.69, 9.17) is 22.9 Å². The van der Waals surface area contributed by atoms with Gasteiger partial charge in [-0.15, -0.1) is 0 Å². The van der Waals surface area contributed by atoms with Crippen molar-refractivity contribution in [2.24, 2.45) is 33.8 Å². The van der Waals surface area contributed by atoms with Crippen LogP contribution in [0.25, 0.3) is 0 Å². The molecule has 0 spiro atoms. The topological polar surface area (TPSA) is 287 Å². The van der Waals surface area contributed by atoms with E-state index < -0.39 is 59.7 Å². The zero-order valence-electron chi connectivity index (χ0n) is 21.5. The molecule has 0 bridgehead atoms. The zero-order chi connectivity index (χ0) is 28.8. The zero-order valence-corrected chi connectivity index (χ0v) is 21.5. The minimum atomic E-state index is -1.30. The number of carboxylic acids is 1. The number of hydrogen-bond acceptors (Lipinski definition) is 8. The Morgan fingerprint density at radius 2 is 1.66 bits per heavy atom. The molecule has 0 aliphatic carbocycles. The molecule has 1 aromatic heterocycles. The van der Waals surface area contributed by atoms with E-state index in [1.165, 1.54) is 12.5 Å². The lowest BCUT2D eigenvalue weighted by Gasteiger charge is -2.27. The molecule has 4 amide bonds. The highest BCUT2D eigenvalue weighted by molar-refractivity contribution is 5.94. The molecule has 1 heterocycles. The number of carbonyl (C=O) groups is 5. The first-order valence-corrected chi connectivity index (χ1v) is 12.0. The Hall–Kier alpha value is -4.21. The molecule has 0 saturated carbocycles. The largest absolute Gasteiger partial charge is 0.480 e. The van der Waals surface area contributed by atoms with Gasteiger partial charge in [0.1, 0.15) is 18.1 Å². The number of aliphatic carboxylic acids is 1. The molecule has 16 nitrogen and oxygen atoms in total. The van der Waals surface area contributed by atoms with Gasteiger partial charge in [-0.1, -0.05) is 13.8 Å². The molecule has 1 rings (SSSR count). The van der Waals surface area contributed by atoms with Crippen molar-refractivity contribution in [3.8, 4) is 0 Å². The summed E-state index contributed by atoms with van der Waals surface area (Å²) in [6, 6.07) is -4.62. The van der Waals surface area contributed by atoms with Crippen LogP contribution in [-0.4, -0.2) is 81.3 Å². The summed E-state index contributed by atoms with van der Waals surface area (Å²) in [6.45, 7) is 3.52. The van der Waals surface area contributed by atoms with Crippen molar-refractivity contribution in [2.75, 3.05) is 6.54 Å². The van der Waals surface area contributed by atoms with Gasteiger partial charge < -0.3 is 49.0 Å². The number of aromatic nitrogens is 2. The third-order valence-corrected chi connectivity index (χ3v) is 5.46. The summed E-state index contributed by atoms with van der Waals surface area (Å²) in [7, 11) is 0. The molecule has 4 unspecified atom stereocenters. The van der Waals surface area contributed by atoms with Crippen molar-refractivity contribution in [3.63, 3.8) is 0 Å². The van der Waals surface area contributed by atoms with Gasteiger partial charge >= 0.3 is 5.97 Å². The number of H-pyrrole nitrogens is 1. The van der Waals surface area contributed by atoms with E-state index in [9.17, 15) is 29.1 Å². The Balaban J connectivity index is 2.99. The van der Waals surface area contributed by atoms with E-state index in [-0.39, 0.29) is 44.6 Å². The van der Waals surface area contributed by atoms with E-state index in [0.29, 0.717) is 5.69 Å². The SMILES string of the molecule is CC(C)C(NC(=O)C(N)CCC(N)=O)C(=O)NC(CCCN=C(N)N)C(=O)NC(Cc1cnc[nH]1)C(=O)O. The predicted octanol–water partition coefficient (Wildman–Crippen LogP) is -3.21. The lowest BCUT2D eigenvalue weighted by Crippen LogP contribution is -2.58. The molecule has 0 aliphatic heterocycles. The van der Waals surface area contributed by atoms with Crippen LogP contribution in [0.3, 0.4) is 0 Å². The monoisotopic (exact) mass is 538 g/mol. The summed E-state index contributed by atoms with van der Waals surface area (Å²) in [5, 5.41) is 17.1. The van der Waals surface area contributed by atoms with Crippen molar-refractivity contribution in [1.29, 1.82) is 0 Å². The second-order valence-corrected chi connectivity index (χ2v) is 9.03. The number of carbonyl (C=O) groups excluding carboxylic acids is 4. The Bertz CT molecular complexity index is 977. The molecule has 13 N–H and O–H groups in total. The molecule has 4 atom stereocenters. The number of nitrogens with one attached hydrogen (secondary N) is 4. The van der Waals surface area contributed by atoms with Crippen LogP contribution in [0.2, 0.25) is 0 Å². The second kappa shape index (κ2) is 15.8. The molecular formula is C22H38N10O6. The van der Waals surface area contributed by atoms with Crippen molar-refractivity contribution >= 4 is 35.6 Å². The van der Waals surface area contributed by atoms with Crippen molar-refractivity contribution in [3.05, 3.63) is 18.2 Å². The Labute approximate surface area is 219 Å². The molecular weight excluding hydrogens is 500 g/mol. The van der Waals surface area contributed by atoms with Crippen LogP contribution >= 0.6 is 0 Å². The number of guanidine groups is 1. The molecule has 38 heavy (non-hydrogen) atoms. The number of hydrogen-bond donors (Lipinski definition) is 9. The Kier molecular flexibility index (Phi) is 13.2. The van der Waals surface area contributed by atoms with Crippen LogP contribution in [0, 0.1) is 5.92 Å². The Morgan fingerprint density at radius 1 is 1.00 bits per heavy atom. The molecule has 0 aliphatic rings. The smallest absolute Gasteiger partial charge is 0.326 e. The van der Waals surface area contributed by atoms with Crippen LogP contribution in [0.15, 0.2) is 17.5 Å². The summed E-state index contributed by atoms with van der Waals surface area (Å²) in [5.41, 5.74) is 22.0. The van der Waals surface area contributed by atoms with Crippen LogP contribution in [0.1, 0.15) is 45.2 Å². The highest BCUT2D eigenvalue weighted by atomic mass is 16.4. The number of primary amides is 1. The first-order valence-electron chi connectivity index (χ1n) is 12.0. The van der Waals surface area contributed by atoms with Gasteiger partial charge in [-0.2, -0.15) is 0 Å². The van der Waals surface area contributed by atoms with Crippen LogP contribution in [0.5, 0.6) is 0 Å². The van der Waals surface area contributed by atoms with E-state index in [1.54, 1.807) is 13.8 Å². The highest BCUT2D eigenvalue weighted by Crippen LogP contribution is 2.08. The van der Waals surface area contributed by atoms with E-state index in [2.05, 4.69) is 30.9 Å². The standard InChI is InChI=1S/C22H38N10O6/c1-11(2)17(32-18(34)13(23)5-6-16(24)33)20(36)30-14(4-3-7-28-22(25)26)19(35)31-15(21(37)38)8-12-9-27-10-29-12/h9-11,13-15,17H,3-8,23H2,1-2H3,(H2,24,33)(H,27,29)(H,30,36)(H,31,35)(H,32,34)(H,37,38)(H4,25,26,28).